The molecule has 0 saturated heterocycles. The number of nitriles is 1. The summed E-state index contributed by atoms with van der Waals surface area (Å²) in [7, 11) is 0. The summed E-state index contributed by atoms with van der Waals surface area (Å²) in [5, 5.41) is 21.3. The molecule has 8 heteroatoms. The van der Waals surface area contributed by atoms with Crippen LogP contribution < -0.4 is 10.6 Å². The number of rotatable bonds is 5. The molecule has 2 aliphatic carbocycles. The molecule has 134 valence electrons. The third-order valence-corrected chi connectivity index (χ3v) is 4.65. The largest absolute Gasteiger partial charge is 0.446 e. The Morgan fingerprint density at radius 1 is 1.40 bits per heavy atom. The number of hydrogen-bond acceptors (Lipinski definition) is 5. The lowest BCUT2D eigenvalue weighted by atomic mass is 10.0. The van der Waals surface area contributed by atoms with E-state index in [1.54, 1.807) is 0 Å². The molecule has 2 amide bonds. The Balaban J connectivity index is 1.49. The van der Waals surface area contributed by atoms with Crippen molar-refractivity contribution >= 4 is 17.8 Å². The number of nitrogens with one attached hydrogen (secondary N) is 3. The Hall–Kier alpha value is -2.56. The van der Waals surface area contributed by atoms with Crippen molar-refractivity contribution in [3.63, 3.8) is 0 Å². The second-order valence-corrected chi connectivity index (χ2v) is 7.11. The molecule has 0 spiro atoms. The Bertz CT molecular complexity index is 693. The molecule has 8 nitrogen and oxygen atoms in total. The van der Waals surface area contributed by atoms with E-state index < -0.39 is 0 Å². The molecule has 2 saturated carbocycles. The summed E-state index contributed by atoms with van der Waals surface area (Å²) in [5.41, 5.74) is 0.929. The van der Waals surface area contributed by atoms with E-state index in [0.29, 0.717) is 12.2 Å². The molecule has 3 N–H and O–H groups in total. The lowest BCUT2D eigenvalue weighted by Crippen LogP contribution is -2.33. The topological polar surface area (TPSA) is 120 Å². The van der Waals surface area contributed by atoms with Gasteiger partial charge in [-0.25, -0.2) is 4.79 Å². The number of nitrogens with zero attached hydrogens (tertiary/aromatic N) is 2. The van der Waals surface area contributed by atoms with Crippen molar-refractivity contribution in [3.05, 3.63) is 11.8 Å². The maximum Gasteiger partial charge on any atom is 0.407 e. The Morgan fingerprint density at radius 2 is 2.20 bits per heavy atom. The van der Waals surface area contributed by atoms with Gasteiger partial charge < -0.3 is 15.4 Å². The second kappa shape index (κ2) is 7.13. The minimum Gasteiger partial charge on any atom is -0.446 e. The van der Waals surface area contributed by atoms with Crippen LogP contribution in [0.4, 0.5) is 10.6 Å². The van der Waals surface area contributed by atoms with Crippen LogP contribution in [0.5, 0.6) is 0 Å². The summed E-state index contributed by atoms with van der Waals surface area (Å²) < 4.78 is 5.42. The van der Waals surface area contributed by atoms with Crippen molar-refractivity contribution in [1.82, 2.24) is 15.5 Å². The first kappa shape index (κ1) is 17.3. The molecule has 0 radical (unpaired) electrons. The van der Waals surface area contributed by atoms with Gasteiger partial charge in [-0.1, -0.05) is 0 Å². The fourth-order valence-electron chi connectivity index (χ4n) is 3.21. The molecule has 3 rings (SSSR count). The number of amides is 2. The Labute approximate surface area is 146 Å². The summed E-state index contributed by atoms with van der Waals surface area (Å²) in [4.78, 5) is 23.6. The molecule has 2 unspecified atom stereocenters. The third-order valence-electron chi connectivity index (χ3n) is 4.65. The molecule has 1 aromatic heterocycles. The van der Waals surface area contributed by atoms with Gasteiger partial charge in [-0.3, -0.25) is 9.89 Å². The van der Waals surface area contributed by atoms with E-state index in [1.165, 1.54) is 0 Å². The van der Waals surface area contributed by atoms with Gasteiger partial charge in [-0.2, -0.15) is 10.4 Å². The highest BCUT2D eigenvalue weighted by molar-refractivity contribution is 5.94. The number of carbonyl (C=O) groups is 2. The number of ether oxygens (including phenoxy) is 1. The molecule has 4 atom stereocenters. The van der Waals surface area contributed by atoms with Crippen molar-refractivity contribution in [2.75, 3.05) is 5.32 Å². The van der Waals surface area contributed by atoms with Gasteiger partial charge in [-0.15, -0.1) is 0 Å². The smallest absolute Gasteiger partial charge is 0.407 e. The summed E-state index contributed by atoms with van der Waals surface area (Å²) in [6, 6.07) is 3.98. The number of aromatic nitrogens is 2. The summed E-state index contributed by atoms with van der Waals surface area (Å²) in [5.74, 6) is 0.174. The zero-order chi connectivity index (χ0) is 18.0. The summed E-state index contributed by atoms with van der Waals surface area (Å²) >= 11 is 0. The van der Waals surface area contributed by atoms with Crippen LogP contribution in [0.3, 0.4) is 0 Å². The van der Waals surface area contributed by atoms with Crippen LogP contribution >= 0.6 is 0 Å². The second-order valence-electron chi connectivity index (χ2n) is 7.11. The van der Waals surface area contributed by atoms with E-state index in [4.69, 9.17) is 10.00 Å². The van der Waals surface area contributed by atoms with Gasteiger partial charge in [0.1, 0.15) is 6.10 Å². The number of hydrogen-bond donors (Lipinski definition) is 3. The standard InChI is InChI=1S/C17H23N5O3/c1-9(2)19-17(24)25-12-4-3-10(5-12)14-7-15(22-21-14)20-16(23)13-6-11(13)8-18/h7,9-13H,3-6H2,1-2H3,(H,19,24)(H2,20,21,22,23)/t10-,11?,12+,13?/m1/s1. The van der Waals surface area contributed by atoms with Gasteiger partial charge >= 0.3 is 6.09 Å². The third kappa shape index (κ3) is 4.29. The van der Waals surface area contributed by atoms with Gasteiger partial charge in [0, 0.05) is 23.7 Å². The first-order chi connectivity index (χ1) is 12.0. The highest BCUT2D eigenvalue weighted by Crippen LogP contribution is 2.39. The lowest BCUT2D eigenvalue weighted by Gasteiger charge is -2.14. The zero-order valence-corrected chi connectivity index (χ0v) is 14.4. The molecular weight excluding hydrogens is 322 g/mol. The molecule has 0 aliphatic heterocycles. The Morgan fingerprint density at radius 3 is 2.88 bits per heavy atom. The van der Waals surface area contributed by atoms with Crippen molar-refractivity contribution < 1.29 is 14.3 Å². The zero-order valence-electron chi connectivity index (χ0n) is 14.4. The molecule has 1 heterocycles. The quantitative estimate of drug-likeness (QED) is 0.756. The predicted octanol–water partition coefficient (Wildman–Crippen LogP) is 2.28. The van der Waals surface area contributed by atoms with Crippen LogP contribution in [-0.2, 0) is 9.53 Å². The van der Waals surface area contributed by atoms with Crippen molar-refractivity contribution in [2.24, 2.45) is 11.8 Å². The summed E-state index contributed by atoms with van der Waals surface area (Å²) in [6.45, 7) is 3.78. The summed E-state index contributed by atoms with van der Waals surface area (Å²) in [6.07, 6.45) is 2.58. The number of H-pyrrole nitrogens is 1. The Kier molecular flexibility index (Phi) is 4.93. The van der Waals surface area contributed by atoms with E-state index in [0.717, 1.165) is 25.0 Å². The van der Waals surface area contributed by atoms with Crippen LogP contribution in [0.15, 0.2) is 6.07 Å². The van der Waals surface area contributed by atoms with Crippen molar-refractivity contribution in [2.45, 2.75) is 57.6 Å². The average molecular weight is 345 g/mol. The van der Waals surface area contributed by atoms with Crippen LogP contribution in [0.2, 0.25) is 0 Å². The molecule has 25 heavy (non-hydrogen) atoms. The van der Waals surface area contributed by atoms with Crippen LogP contribution in [-0.4, -0.2) is 34.3 Å². The van der Waals surface area contributed by atoms with E-state index in [1.807, 2.05) is 19.9 Å². The SMILES string of the molecule is CC(C)NC(=O)O[C@H]1CC[C@@H](c2cc(NC(=O)C3CC3C#N)n[nH]2)C1. The first-order valence-corrected chi connectivity index (χ1v) is 8.69. The minimum absolute atomic E-state index is 0.0515. The van der Waals surface area contributed by atoms with Gasteiger partial charge in [0.25, 0.3) is 0 Å². The van der Waals surface area contributed by atoms with Gasteiger partial charge in [0.05, 0.1) is 17.9 Å². The maximum absolute atomic E-state index is 12.0. The number of anilines is 1. The van der Waals surface area contributed by atoms with Crippen molar-refractivity contribution in [1.29, 1.82) is 5.26 Å². The van der Waals surface area contributed by atoms with Gasteiger partial charge in [-0.05, 0) is 39.5 Å². The molecule has 2 aliphatic rings. The molecule has 0 bridgehead atoms. The first-order valence-electron chi connectivity index (χ1n) is 8.69. The molecule has 2 fully saturated rings. The average Bonchev–Trinajstić information content (AvgIpc) is 2.96. The maximum atomic E-state index is 12.0. The minimum atomic E-state index is -0.380. The fourth-order valence-corrected chi connectivity index (χ4v) is 3.21. The van der Waals surface area contributed by atoms with E-state index in [2.05, 4.69) is 26.9 Å². The highest BCUT2D eigenvalue weighted by Gasteiger charge is 2.43. The number of alkyl carbamates (subject to hydrolysis) is 1. The van der Waals surface area contributed by atoms with E-state index in [-0.39, 0.29) is 41.9 Å². The molecular formula is C17H23N5O3. The number of carbonyl (C=O) groups excluding carboxylic acids is 2. The monoisotopic (exact) mass is 345 g/mol. The van der Waals surface area contributed by atoms with Crippen LogP contribution in [0, 0.1) is 23.2 Å². The van der Waals surface area contributed by atoms with Gasteiger partial charge in [0.2, 0.25) is 5.91 Å². The molecule has 1 aromatic rings. The van der Waals surface area contributed by atoms with Crippen LogP contribution in [0.25, 0.3) is 0 Å². The lowest BCUT2D eigenvalue weighted by molar-refractivity contribution is -0.117. The van der Waals surface area contributed by atoms with E-state index in [9.17, 15) is 9.59 Å². The molecule has 0 aromatic carbocycles. The number of aromatic amines is 1. The van der Waals surface area contributed by atoms with Crippen molar-refractivity contribution in [3.8, 4) is 6.07 Å². The predicted molar refractivity (Wildman–Crippen MR) is 89.6 cm³/mol. The normalized spacial score (nSPS) is 27.6. The van der Waals surface area contributed by atoms with E-state index >= 15 is 0 Å². The fraction of sp³-hybridized carbons (Fsp3) is 0.647. The highest BCUT2D eigenvalue weighted by atomic mass is 16.6. The van der Waals surface area contributed by atoms with Gasteiger partial charge in [0.15, 0.2) is 5.82 Å². The van der Waals surface area contributed by atoms with Crippen LogP contribution in [0.1, 0.15) is 51.1 Å².